The number of nitrogens with zero attached hydrogens (tertiary/aromatic N) is 2. The summed E-state index contributed by atoms with van der Waals surface area (Å²) in [4.78, 5) is 9.47. The van der Waals surface area contributed by atoms with Gasteiger partial charge in [0.15, 0.2) is 0 Å². The van der Waals surface area contributed by atoms with Crippen molar-refractivity contribution in [3.05, 3.63) is 60.3 Å². The fourth-order valence-electron chi connectivity index (χ4n) is 2.95. The number of fused-ring (bicyclic) bond motifs is 1. The van der Waals surface area contributed by atoms with Gasteiger partial charge in [0.1, 0.15) is 5.75 Å². The summed E-state index contributed by atoms with van der Waals surface area (Å²) in [5.41, 5.74) is 10.1. The van der Waals surface area contributed by atoms with Gasteiger partial charge in [-0.1, -0.05) is 18.2 Å². The van der Waals surface area contributed by atoms with Gasteiger partial charge in [-0.2, -0.15) is 0 Å². The highest BCUT2D eigenvalue weighted by Crippen LogP contribution is 2.39. The van der Waals surface area contributed by atoms with E-state index in [9.17, 15) is 0 Å². The monoisotopic (exact) mass is 347 g/mol. The van der Waals surface area contributed by atoms with Gasteiger partial charge < -0.3 is 10.5 Å². The average Bonchev–Trinajstić information content (AvgIpc) is 2.98. The van der Waals surface area contributed by atoms with Crippen molar-refractivity contribution in [2.45, 2.75) is 6.92 Å². The largest absolute Gasteiger partial charge is 0.497 e. The zero-order chi connectivity index (χ0) is 17.4. The number of rotatable bonds is 3. The molecule has 2 aromatic carbocycles. The maximum Gasteiger partial charge on any atom is 0.220 e. The van der Waals surface area contributed by atoms with Crippen LogP contribution < -0.4 is 10.5 Å². The second-order valence-corrected chi connectivity index (χ2v) is 6.85. The standard InChI is InChI=1S/C20H17N3OS/c1-12-16-11-14(13-4-3-5-15(10-13)24-2)6-7-18(16)25-19(12)17-8-9-22-20(21)23-17/h3-11H,1-2H3,(H2,21,22,23). The lowest BCUT2D eigenvalue weighted by Crippen LogP contribution is -1.94. The molecule has 0 spiro atoms. The normalized spacial score (nSPS) is 11.0. The first-order valence-corrected chi connectivity index (χ1v) is 8.74. The summed E-state index contributed by atoms with van der Waals surface area (Å²) in [6, 6.07) is 16.5. The highest BCUT2D eigenvalue weighted by Gasteiger charge is 2.13. The first kappa shape index (κ1) is 15.6. The quantitative estimate of drug-likeness (QED) is 0.571. The molecule has 4 nitrogen and oxygen atoms in total. The van der Waals surface area contributed by atoms with E-state index < -0.39 is 0 Å². The Kier molecular flexibility index (Phi) is 3.86. The molecule has 2 N–H and O–H groups in total. The molecule has 2 heterocycles. The number of thiophene rings is 1. The van der Waals surface area contributed by atoms with Crippen molar-refractivity contribution >= 4 is 27.4 Å². The van der Waals surface area contributed by atoms with Crippen LogP contribution >= 0.6 is 11.3 Å². The number of benzene rings is 2. The summed E-state index contributed by atoms with van der Waals surface area (Å²) >= 11 is 1.73. The molecule has 0 amide bonds. The fourth-order valence-corrected chi connectivity index (χ4v) is 4.11. The Hall–Kier alpha value is -2.92. The summed E-state index contributed by atoms with van der Waals surface area (Å²) in [5, 5.41) is 1.23. The fraction of sp³-hybridized carbons (Fsp3) is 0.100. The van der Waals surface area contributed by atoms with E-state index >= 15 is 0 Å². The van der Waals surface area contributed by atoms with Gasteiger partial charge in [-0.05, 0) is 59.3 Å². The van der Waals surface area contributed by atoms with Gasteiger partial charge in [0.25, 0.3) is 0 Å². The van der Waals surface area contributed by atoms with Crippen molar-refractivity contribution in [3.8, 4) is 27.4 Å². The SMILES string of the molecule is COc1cccc(-c2ccc3sc(-c4ccnc(N)n4)c(C)c3c2)c1. The molecule has 0 atom stereocenters. The van der Waals surface area contributed by atoms with E-state index in [-0.39, 0.29) is 0 Å². The first-order chi connectivity index (χ1) is 12.2. The van der Waals surface area contributed by atoms with E-state index in [1.54, 1.807) is 24.6 Å². The molecular weight excluding hydrogens is 330 g/mol. The molecule has 0 bridgehead atoms. The van der Waals surface area contributed by atoms with Crippen molar-refractivity contribution in [2.75, 3.05) is 12.8 Å². The Balaban J connectivity index is 1.85. The van der Waals surface area contributed by atoms with Crippen molar-refractivity contribution in [2.24, 2.45) is 0 Å². The molecular formula is C20H17N3OS. The minimum absolute atomic E-state index is 0.298. The number of aromatic nitrogens is 2. The minimum Gasteiger partial charge on any atom is -0.497 e. The van der Waals surface area contributed by atoms with Gasteiger partial charge >= 0.3 is 0 Å². The lowest BCUT2D eigenvalue weighted by molar-refractivity contribution is 0.415. The van der Waals surface area contributed by atoms with Crippen LogP contribution in [0.5, 0.6) is 5.75 Å². The van der Waals surface area contributed by atoms with E-state index in [1.807, 2.05) is 18.2 Å². The number of nitrogens with two attached hydrogens (primary N) is 1. The van der Waals surface area contributed by atoms with Gasteiger partial charge in [0, 0.05) is 10.9 Å². The number of hydrogen-bond acceptors (Lipinski definition) is 5. The third-order valence-electron chi connectivity index (χ3n) is 4.25. The molecule has 0 aliphatic heterocycles. The van der Waals surface area contributed by atoms with Crippen LogP contribution in [0.1, 0.15) is 5.56 Å². The predicted molar refractivity (Wildman–Crippen MR) is 104 cm³/mol. The number of methoxy groups -OCH3 is 1. The van der Waals surface area contributed by atoms with Gasteiger partial charge in [-0.25, -0.2) is 9.97 Å². The van der Waals surface area contributed by atoms with Gasteiger partial charge in [-0.3, -0.25) is 0 Å². The Bertz CT molecular complexity index is 1070. The Morgan fingerprint density at radius 2 is 1.88 bits per heavy atom. The molecule has 0 aliphatic rings. The summed E-state index contributed by atoms with van der Waals surface area (Å²) in [5.74, 6) is 1.16. The first-order valence-electron chi connectivity index (χ1n) is 7.92. The number of hydrogen-bond donors (Lipinski definition) is 1. The summed E-state index contributed by atoms with van der Waals surface area (Å²) in [6.45, 7) is 2.13. The third kappa shape index (κ3) is 2.83. The summed E-state index contributed by atoms with van der Waals surface area (Å²) in [6.07, 6.45) is 1.70. The Morgan fingerprint density at radius 1 is 1.04 bits per heavy atom. The smallest absolute Gasteiger partial charge is 0.220 e. The van der Waals surface area contributed by atoms with E-state index in [1.165, 1.54) is 21.2 Å². The van der Waals surface area contributed by atoms with Crippen molar-refractivity contribution < 1.29 is 4.74 Å². The lowest BCUT2D eigenvalue weighted by atomic mass is 10.0. The van der Waals surface area contributed by atoms with Gasteiger partial charge in [0.2, 0.25) is 5.95 Å². The third-order valence-corrected chi connectivity index (χ3v) is 5.54. The van der Waals surface area contributed by atoms with Crippen LogP contribution in [0.15, 0.2) is 54.7 Å². The number of aryl methyl sites for hydroxylation is 1. The van der Waals surface area contributed by atoms with Crippen LogP contribution in [-0.4, -0.2) is 17.1 Å². The molecule has 25 heavy (non-hydrogen) atoms. The summed E-state index contributed by atoms with van der Waals surface area (Å²) < 4.78 is 6.57. The second kappa shape index (κ2) is 6.18. The van der Waals surface area contributed by atoms with Crippen molar-refractivity contribution in [3.63, 3.8) is 0 Å². The maximum absolute atomic E-state index is 5.74. The van der Waals surface area contributed by atoms with Crippen LogP contribution in [0, 0.1) is 6.92 Å². The molecule has 5 heteroatoms. The minimum atomic E-state index is 0.298. The van der Waals surface area contributed by atoms with Crippen LogP contribution in [-0.2, 0) is 0 Å². The zero-order valence-electron chi connectivity index (χ0n) is 14.0. The molecule has 4 rings (SSSR count). The Morgan fingerprint density at radius 3 is 2.68 bits per heavy atom. The van der Waals surface area contributed by atoms with Crippen LogP contribution in [0.4, 0.5) is 5.95 Å². The van der Waals surface area contributed by atoms with Crippen LogP contribution in [0.2, 0.25) is 0 Å². The van der Waals surface area contributed by atoms with Crippen molar-refractivity contribution in [1.82, 2.24) is 9.97 Å². The van der Waals surface area contributed by atoms with E-state index in [0.29, 0.717) is 5.95 Å². The second-order valence-electron chi connectivity index (χ2n) is 5.80. The molecule has 2 aromatic heterocycles. The van der Waals surface area contributed by atoms with E-state index in [4.69, 9.17) is 10.5 Å². The van der Waals surface area contributed by atoms with E-state index in [0.717, 1.165) is 21.9 Å². The van der Waals surface area contributed by atoms with Crippen molar-refractivity contribution in [1.29, 1.82) is 0 Å². The molecule has 0 unspecified atom stereocenters. The highest BCUT2D eigenvalue weighted by atomic mass is 32.1. The maximum atomic E-state index is 5.74. The summed E-state index contributed by atoms with van der Waals surface area (Å²) in [7, 11) is 1.69. The van der Waals surface area contributed by atoms with Crippen LogP contribution in [0.25, 0.3) is 31.8 Å². The lowest BCUT2D eigenvalue weighted by Gasteiger charge is -2.05. The number of nitrogen functional groups attached to an aromatic ring is 1. The molecule has 0 saturated heterocycles. The molecule has 4 aromatic rings. The van der Waals surface area contributed by atoms with Crippen LogP contribution in [0.3, 0.4) is 0 Å². The van der Waals surface area contributed by atoms with Gasteiger partial charge in [0.05, 0.1) is 17.7 Å². The number of anilines is 1. The molecule has 0 saturated carbocycles. The van der Waals surface area contributed by atoms with E-state index in [2.05, 4.69) is 47.2 Å². The topological polar surface area (TPSA) is 61.0 Å². The molecule has 0 fully saturated rings. The molecule has 124 valence electrons. The number of ether oxygens (including phenoxy) is 1. The molecule has 0 radical (unpaired) electrons. The predicted octanol–water partition coefficient (Wildman–Crippen LogP) is 4.92. The Labute approximate surface area is 149 Å². The zero-order valence-corrected chi connectivity index (χ0v) is 14.8. The molecule has 0 aliphatic carbocycles. The average molecular weight is 347 g/mol. The highest BCUT2D eigenvalue weighted by molar-refractivity contribution is 7.22. The van der Waals surface area contributed by atoms with Gasteiger partial charge in [-0.15, -0.1) is 11.3 Å².